The molecular weight excluding hydrogens is 414 g/mol. The zero-order chi connectivity index (χ0) is 22.0. The molecule has 166 valence electrons. The lowest BCUT2D eigenvalue weighted by Gasteiger charge is -2.52. The number of ether oxygens (including phenoxy) is 3. The van der Waals surface area contributed by atoms with Gasteiger partial charge in [-0.1, -0.05) is 43.2 Å². The van der Waals surface area contributed by atoms with E-state index in [2.05, 4.69) is 12.1 Å². The fourth-order valence-electron chi connectivity index (χ4n) is 5.30. The second-order valence-electron chi connectivity index (χ2n) is 8.40. The number of rotatable bonds is 5. The van der Waals surface area contributed by atoms with Crippen molar-refractivity contribution >= 4 is 17.5 Å². The quantitative estimate of drug-likeness (QED) is 0.575. The van der Waals surface area contributed by atoms with Crippen LogP contribution < -0.4 is 14.2 Å². The van der Waals surface area contributed by atoms with Crippen LogP contribution in [0.4, 0.5) is 0 Å². The molecule has 0 bridgehead atoms. The number of alkyl halides is 1. The van der Waals surface area contributed by atoms with Gasteiger partial charge < -0.3 is 19.1 Å². The Bertz CT molecular complexity index is 909. The number of halogens is 1. The van der Waals surface area contributed by atoms with E-state index in [4.69, 9.17) is 25.8 Å². The molecule has 31 heavy (non-hydrogen) atoms. The molecule has 1 amide bonds. The number of piperidine rings is 1. The third-order valence-corrected chi connectivity index (χ3v) is 7.48. The molecule has 1 aliphatic heterocycles. The van der Waals surface area contributed by atoms with Gasteiger partial charge in [-0.2, -0.15) is 0 Å². The maximum absolute atomic E-state index is 13.8. The topological polar surface area (TPSA) is 48.0 Å². The molecule has 5 nitrogen and oxygen atoms in total. The number of benzene rings is 2. The van der Waals surface area contributed by atoms with Crippen molar-refractivity contribution in [3.63, 3.8) is 0 Å². The smallest absolute Gasteiger partial charge is 0.254 e. The minimum atomic E-state index is -0.245. The predicted octanol–water partition coefficient (Wildman–Crippen LogP) is 5.47. The molecule has 1 saturated heterocycles. The summed E-state index contributed by atoms with van der Waals surface area (Å²) in [6, 6.07) is 13.7. The fraction of sp³-hybridized carbons (Fsp3) is 0.480. The Morgan fingerprint density at radius 1 is 1.00 bits per heavy atom. The molecule has 3 unspecified atom stereocenters. The molecule has 1 saturated carbocycles. The predicted molar refractivity (Wildman–Crippen MR) is 121 cm³/mol. The lowest BCUT2D eigenvalue weighted by molar-refractivity contribution is 0.0279. The third kappa shape index (κ3) is 3.96. The van der Waals surface area contributed by atoms with Crippen LogP contribution in [-0.2, 0) is 0 Å². The Hall–Kier alpha value is -2.40. The summed E-state index contributed by atoms with van der Waals surface area (Å²) in [7, 11) is 4.67. The summed E-state index contributed by atoms with van der Waals surface area (Å²) in [5.41, 5.74) is 1.66. The number of carbonyl (C=O) groups is 1. The number of hydrogen-bond acceptors (Lipinski definition) is 4. The summed E-state index contributed by atoms with van der Waals surface area (Å²) in [6.45, 7) is 0.620. The lowest BCUT2D eigenvalue weighted by Crippen LogP contribution is -2.53. The highest BCUT2D eigenvalue weighted by Gasteiger charge is 2.50. The summed E-state index contributed by atoms with van der Waals surface area (Å²) < 4.78 is 16.4. The Labute approximate surface area is 189 Å². The van der Waals surface area contributed by atoms with Crippen LogP contribution in [0.15, 0.2) is 42.5 Å². The molecule has 0 spiro atoms. The van der Waals surface area contributed by atoms with Crippen molar-refractivity contribution in [1.82, 2.24) is 4.90 Å². The Morgan fingerprint density at radius 2 is 1.68 bits per heavy atom. The van der Waals surface area contributed by atoms with E-state index in [0.29, 0.717) is 29.4 Å². The van der Waals surface area contributed by atoms with Crippen LogP contribution >= 0.6 is 11.6 Å². The van der Waals surface area contributed by atoms with E-state index in [-0.39, 0.29) is 22.7 Å². The van der Waals surface area contributed by atoms with Gasteiger partial charge in [0, 0.05) is 18.0 Å². The van der Waals surface area contributed by atoms with Gasteiger partial charge in [-0.25, -0.2) is 0 Å². The van der Waals surface area contributed by atoms with Crippen molar-refractivity contribution < 1.29 is 19.0 Å². The highest BCUT2D eigenvalue weighted by Crippen LogP contribution is 2.53. The van der Waals surface area contributed by atoms with Gasteiger partial charge in [0.05, 0.1) is 32.2 Å². The minimum absolute atomic E-state index is 0.0441. The average molecular weight is 444 g/mol. The zero-order valence-electron chi connectivity index (χ0n) is 18.4. The van der Waals surface area contributed by atoms with Gasteiger partial charge in [-0.05, 0) is 37.0 Å². The number of amides is 1. The van der Waals surface area contributed by atoms with Crippen molar-refractivity contribution in [2.75, 3.05) is 27.9 Å². The monoisotopic (exact) mass is 443 g/mol. The average Bonchev–Trinajstić information content (AvgIpc) is 2.82. The number of nitrogens with zero attached hydrogens (tertiary/aromatic N) is 1. The summed E-state index contributed by atoms with van der Waals surface area (Å²) in [4.78, 5) is 15.6. The molecule has 2 aliphatic rings. The number of fused-ring (bicyclic) bond motifs is 1. The molecule has 0 radical (unpaired) electrons. The van der Waals surface area contributed by atoms with Gasteiger partial charge in [-0.3, -0.25) is 4.79 Å². The van der Waals surface area contributed by atoms with Gasteiger partial charge in [-0.15, -0.1) is 11.6 Å². The van der Waals surface area contributed by atoms with Crippen LogP contribution in [0.2, 0.25) is 0 Å². The second kappa shape index (κ2) is 8.99. The van der Waals surface area contributed by atoms with Crippen LogP contribution in [0.5, 0.6) is 17.2 Å². The van der Waals surface area contributed by atoms with Crippen LogP contribution in [0.1, 0.15) is 54.1 Å². The van der Waals surface area contributed by atoms with Gasteiger partial charge in [0.25, 0.3) is 5.91 Å². The van der Waals surface area contributed by atoms with Gasteiger partial charge in [0.2, 0.25) is 5.75 Å². The van der Waals surface area contributed by atoms with Crippen molar-refractivity contribution in [2.24, 2.45) is 5.92 Å². The number of carbonyl (C=O) groups excluding carboxylic acids is 1. The van der Waals surface area contributed by atoms with Crippen LogP contribution in [-0.4, -0.2) is 43.6 Å². The first-order valence-electron chi connectivity index (χ1n) is 10.9. The molecular formula is C25H30ClNO4. The van der Waals surface area contributed by atoms with Crippen molar-refractivity contribution in [2.45, 2.75) is 43.0 Å². The van der Waals surface area contributed by atoms with E-state index in [1.807, 2.05) is 23.1 Å². The molecule has 4 rings (SSSR count). The summed E-state index contributed by atoms with van der Waals surface area (Å²) >= 11 is 7.18. The van der Waals surface area contributed by atoms with Gasteiger partial charge >= 0.3 is 0 Å². The number of methoxy groups -OCH3 is 3. The summed E-state index contributed by atoms with van der Waals surface area (Å²) in [5, 5.41) is 0. The molecule has 1 aliphatic carbocycles. The number of hydrogen-bond donors (Lipinski definition) is 0. The first kappa shape index (κ1) is 21.8. The van der Waals surface area contributed by atoms with Crippen LogP contribution in [0.25, 0.3) is 0 Å². The van der Waals surface area contributed by atoms with Gasteiger partial charge in [0.1, 0.15) is 0 Å². The van der Waals surface area contributed by atoms with E-state index >= 15 is 0 Å². The standard InChI is InChI=1S/C25H30ClNO4/c1-29-20-15-18(16-21(30-2)23(20)31-3)24(28)27-14-13-25(26)12-8-7-11-19(25)22(27)17-9-5-4-6-10-17/h4-6,9-10,15-16,19,22H,7-8,11-14H2,1-3H3. The molecule has 1 heterocycles. The molecule has 3 atom stereocenters. The highest BCUT2D eigenvalue weighted by molar-refractivity contribution is 6.24. The van der Waals surface area contributed by atoms with E-state index in [1.165, 1.54) is 0 Å². The fourth-order valence-corrected chi connectivity index (χ4v) is 5.75. The third-order valence-electron chi connectivity index (χ3n) is 6.82. The van der Waals surface area contributed by atoms with E-state index in [9.17, 15) is 4.79 Å². The zero-order valence-corrected chi connectivity index (χ0v) is 19.2. The molecule has 2 fully saturated rings. The maximum Gasteiger partial charge on any atom is 0.254 e. The first-order chi connectivity index (χ1) is 15.0. The van der Waals surface area contributed by atoms with Gasteiger partial charge in [0.15, 0.2) is 11.5 Å². The first-order valence-corrected chi connectivity index (χ1v) is 11.2. The molecule has 6 heteroatoms. The highest BCUT2D eigenvalue weighted by atomic mass is 35.5. The van der Waals surface area contributed by atoms with Crippen molar-refractivity contribution in [3.8, 4) is 17.2 Å². The Balaban J connectivity index is 1.76. The lowest BCUT2D eigenvalue weighted by atomic mass is 9.68. The Kier molecular flexibility index (Phi) is 6.33. The van der Waals surface area contributed by atoms with E-state index in [0.717, 1.165) is 37.7 Å². The largest absolute Gasteiger partial charge is 0.493 e. The molecule has 2 aromatic rings. The minimum Gasteiger partial charge on any atom is -0.493 e. The van der Waals surface area contributed by atoms with Crippen molar-refractivity contribution in [1.29, 1.82) is 0 Å². The van der Waals surface area contributed by atoms with Crippen molar-refractivity contribution in [3.05, 3.63) is 53.6 Å². The second-order valence-corrected chi connectivity index (χ2v) is 9.16. The van der Waals surface area contributed by atoms with Crippen LogP contribution in [0, 0.1) is 5.92 Å². The normalized spacial score (nSPS) is 25.5. The Morgan fingerprint density at radius 3 is 2.29 bits per heavy atom. The summed E-state index contributed by atoms with van der Waals surface area (Å²) in [5.74, 6) is 1.61. The molecule has 2 aromatic carbocycles. The molecule has 0 aromatic heterocycles. The van der Waals surface area contributed by atoms with Crippen LogP contribution in [0.3, 0.4) is 0 Å². The maximum atomic E-state index is 13.8. The van der Waals surface area contributed by atoms with E-state index < -0.39 is 0 Å². The summed E-state index contributed by atoms with van der Waals surface area (Å²) in [6.07, 6.45) is 5.15. The molecule has 0 N–H and O–H groups in total. The number of likely N-dealkylation sites (tertiary alicyclic amines) is 1. The SMILES string of the molecule is COc1cc(C(=O)N2CCC3(Cl)CCCCC3C2c2ccccc2)cc(OC)c1OC. The van der Waals surface area contributed by atoms with E-state index in [1.54, 1.807) is 33.5 Å².